The fourth-order valence-corrected chi connectivity index (χ4v) is 1.88. The quantitative estimate of drug-likeness (QED) is 0.715. The van der Waals surface area contributed by atoms with E-state index in [1.54, 1.807) is 6.92 Å². The van der Waals surface area contributed by atoms with Crippen molar-refractivity contribution in [2.75, 3.05) is 11.9 Å². The Hall–Kier alpha value is -1.68. The van der Waals surface area contributed by atoms with Crippen LogP contribution >= 0.6 is 11.6 Å². The average molecular weight is 365 g/mol. The molecule has 0 aliphatic carbocycles. The second-order valence-corrected chi connectivity index (χ2v) is 4.79. The van der Waals surface area contributed by atoms with Crippen LogP contribution in [0.25, 0.3) is 0 Å². The molecule has 0 unspecified atom stereocenters. The van der Waals surface area contributed by atoms with E-state index in [-0.39, 0.29) is 12.2 Å². The highest BCUT2D eigenvalue weighted by atomic mass is 35.5. The van der Waals surface area contributed by atoms with Crippen molar-refractivity contribution in [2.45, 2.75) is 24.9 Å². The van der Waals surface area contributed by atoms with Crippen LogP contribution in [0.1, 0.15) is 12.5 Å². The Kier molecular flexibility index (Phi) is 5.42. The van der Waals surface area contributed by atoms with Crippen molar-refractivity contribution < 1.29 is 36.2 Å². The molecule has 3 N–H and O–H groups in total. The fraction of sp³-hybridized carbons (Fsp3) is 0.417. The molecule has 0 fully saturated rings. The SMILES string of the molecule is CCNC(=O)Nc1ccc(C(O)(C(F)(F)F)C(F)(F)F)cc1Cl. The van der Waals surface area contributed by atoms with Gasteiger partial charge in [0.25, 0.3) is 5.60 Å². The number of alkyl halides is 6. The Morgan fingerprint density at radius 1 is 1.17 bits per heavy atom. The summed E-state index contributed by atoms with van der Waals surface area (Å²) in [5.41, 5.74) is -6.80. The van der Waals surface area contributed by atoms with E-state index >= 15 is 0 Å². The Morgan fingerprint density at radius 2 is 1.70 bits per heavy atom. The molecule has 1 rings (SSSR count). The summed E-state index contributed by atoms with van der Waals surface area (Å²) in [6.45, 7) is 1.83. The number of hydrogen-bond donors (Lipinski definition) is 3. The van der Waals surface area contributed by atoms with Crippen LogP contribution in [-0.2, 0) is 5.60 Å². The van der Waals surface area contributed by atoms with Crippen LogP contribution in [0.3, 0.4) is 0 Å². The summed E-state index contributed by atoms with van der Waals surface area (Å²) in [4.78, 5) is 11.3. The highest BCUT2D eigenvalue weighted by Crippen LogP contribution is 2.50. The normalized spacial score (nSPS) is 12.9. The van der Waals surface area contributed by atoms with Gasteiger partial charge in [-0.3, -0.25) is 0 Å². The van der Waals surface area contributed by atoms with Gasteiger partial charge in [0.2, 0.25) is 0 Å². The van der Waals surface area contributed by atoms with Gasteiger partial charge < -0.3 is 15.7 Å². The van der Waals surface area contributed by atoms with E-state index in [9.17, 15) is 36.2 Å². The molecule has 0 saturated heterocycles. The van der Waals surface area contributed by atoms with Gasteiger partial charge in [0, 0.05) is 12.1 Å². The summed E-state index contributed by atoms with van der Waals surface area (Å²) in [6, 6.07) is 0.664. The molecule has 2 amide bonds. The van der Waals surface area contributed by atoms with E-state index in [1.165, 1.54) is 0 Å². The van der Waals surface area contributed by atoms with Crippen LogP contribution in [-0.4, -0.2) is 30.0 Å². The molecule has 0 bridgehead atoms. The number of benzene rings is 1. The predicted molar refractivity (Wildman–Crippen MR) is 70.2 cm³/mol. The third kappa shape index (κ3) is 3.81. The van der Waals surface area contributed by atoms with Crippen LogP contribution in [0.4, 0.5) is 36.8 Å². The standard InChI is InChI=1S/C12H11ClF6N2O2/c1-2-20-9(22)21-8-4-3-6(5-7(8)13)10(23,11(14,15)16)12(17,18)19/h3-5,23H,2H2,1H3,(H2,20,21,22). The Balaban J connectivity index is 3.29. The lowest BCUT2D eigenvalue weighted by molar-refractivity contribution is -0.376. The van der Waals surface area contributed by atoms with E-state index in [2.05, 4.69) is 10.6 Å². The lowest BCUT2D eigenvalue weighted by atomic mass is 9.92. The van der Waals surface area contributed by atoms with Gasteiger partial charge in [-0.05, 0) is 19.1 Å². The summed E-state index contributed by atoms with van der Waals surface area (Å²) in [5.74, 6) is 0. The molecule has 0 heterocycles. The van der Waals surface area contributed by atoms with Gasteiger partial charge in [-0.1, -0.05) is 17.7 Å². The van der Waals surface area contributed by atoms with Crippen molar-refractivity contribution in [3.05, 3.63) is 28.8 Å². The second kappa shape index (κ2) is 6.44. The third-order valence-electron chi connectivity index (χ3n) is 2.79. The van der Waals surface area contributed by atoms with Crippen molar-refractivity contribution in [1.82, 2.24) is 5.32 Å². The number of urea groups is 1. The molecule has 0 aromatic heterocycles. The predicted octanol–water partition coefficient (Wildman–Crippen LogP) is 3.79. The summed E-state index contributed by atoms with van der Waals surface area (Å²) < 4.78 is 76.4. The van der Waals surface area contributed by atoms with Crippen molar-refractivity contribution >= 4 is 23.3 Å². The maximum atomic E-state index is 12.7. The minimum absolute atomic E-state index is 0.215. The van der Waals surface area contributed by atoms with Gasteiger partial charge in [-0.2, -0.15) is 26.3 Å². The van der Waals surface area contributed by atoms with E-state index in [0.29, 0.717) is 12.1 Å². The van der Waals surface area contributed by atoms with Crippen molar-refractivity contribution in [3.8, 4) is 0 Å². The summed E-state index contributed by atoms with van der Waals surface area (Å²) in [6.07, 6.45) is -12.0. The molecule has 0 atom stereocenters. The van der Waals surface area contributed by atoms with E-state index in [1.807, 2.05) is 0 Å². The number of carbonyl (C=O) groups excluding carboxylic acids is 1. The first-order chi connectivity index (χ1) is 10.3. The number of amides is 2. The Morgan fingerprint density at radius 3 is 2.09 bits per heavy atom. The maximum absolute atomic E-state index is 12.7. The summed E-state index contributed by atoms with van der Waals surface area (Å²) >= 11 is 5.59. The molecule has 130 valence electrons. The zero-order valence-electron chi connectivity index (χ0n) is 11.4. The van der Waals surface area contributed by atoms with Crippen LogP contribution in [0.2, 0.25) is 5.02 Å². The number of nitrogens with one attached hydrogen (secondary N) is 2. The van der Waals surface area contributed by atoms with E-state index in [0.717, 1.165) is 6.07 Å². The van der Waals surface area contributed by atoms with Gasteiger partial charge in [0.05, 0.1) is 10.7 Å². The zero-order chi connectivity index (χ0) is 18.1. The largest absolute Gasteiger partial charge is 0.430 e. The molecule has 0 saturated carbocycles. The molecule has 0 spiro atoms. The number of carbonyl (C=O) groups is 1. The molecule has 11 heteroatoms. The summed E-state index contributed by atoms with van der Waals surface area (Å²) in [5, 5.41) is 13.1. The smallest absolute Gasteiger partial charge is 0.369 e. The monoisotopic (exact) mass is 364 g/mol. The molecule has 23 heavy (non-hydrogen) atoms. The number of hydrogen-bond acceptors (Lipinski definition) is 2. The van der Waals surface area contributed by atoms with Crippen molar-refractivity contribution in [1.29, 1.82) is 0 Å². The Bertz CT molecular complexity index is 574. The first kappa shape index (κ1) is 19.4. The van der Waals surface area contributed by atoms with Gasteiger partial charge >= 0.3 is 18.4 Å². The topological polar surface area (TPSA) is 61.4 Å². The second-order valence-electron chi connectivity index (χ2n) is 4.39. The molecule has 4 nitrogen and oxygen atoms in total. The van der Waals surface area contributed by atoms with Crippen LogP contribution in [0.5, 0.6) is 0 Å². The lowest BCUT2D eigenvalue weighted by Crippen LogP contribution is -2.53. The molecule has 1 aromatic rings. The third-order valence-corrected chi connectivity index (χ3v) is 3.11. The molecule has 0 radical (unpaired) electrons. The molecule has 1 aromatic carbocycles. The van der Waals surface area contributed by atoms with Crippen molar-refractivity contribution in [3.63, 3.8) is 0 Å². The van der Waals surface area contributed by atoms with Crippen LogP contribution in [0.15, 0.2) is 18.2 Å². The molecular formula is C12H11ClF6N2O2. The highest BCUT2D eigenvalue weighted by Gasteiger charge is 2.71. The van der Waals surface area contributed by atoms with Gasteiger partial charge in [0.15, 0.2) is 0 Å². The number of rotatable bonds is 3. The van der Waals surface area contributed by atoms with Gasteiger partial charge in [0.1, 0.15) is 0 Å². The van der Waals surface area contributed by atoms with Crippen molar-refractivity contribution in [2.24, 2.45) is 0 Å². The average Bonchev–Trinajstić information content (AvgIpc) is 2.37. The van der Waals surface area contributed by atoms with Crippen LogP contribution in [0, 0.1) is 0 Å². The first-order valence-corrected chi connectivity index (χ1v) is 6.43. The fourth-order valence-electron chi connectivity index (χ4n) is 1.66. The molecular weight excluding hydrogens is 354 g/mol. The van der Waals surface area contributed by atoms with Gasteiger partial charge in [-0.25, -0.2) is 4.79 Å². The minimum Gasteiger partial charge on any atom is -0.369 e. The van der Waals surface area contributed by atoms with Gasteiger partial charge in [-0.15, -0.1) is 0 Å². The highest BCUT2D eigenvalue weighted by molar-refractivity contribution is 6.33. The van der Waals surface area contributed by atoms with E-state index in [4.69, 9.17) is 11.6 Å². The Labute approximate surface area is 131 Å². The lowest BCUT2D eigenvalue weighted by Gasteiger charge is -2.32. The summed E-state index contributed by atoms with van der Waals surface area (Å²) in [7, 11) is 0. The van der Waals surface area contributed by atoms with E-state index < -0.39 is 34.6 Å². The molecule has 0 aliphatic rings. The van der Waals surface area contributed by atoms with Crippen LogP contribution < -0.4 is 10.6 Å². The number of anilines is 1. The number of aliphatic hydroxyl groups is 1. The number of halogens is 7. The molecule has 0 aliphatic heterocycles. The first-order valence-electron chi connectivity index (χ1n) is 6.05. The minimum atomic E-state index is -6.01. The zero-order valence-corrected chi connectivity index (χ0v) is 12.2. The maximum Gasteiger partial charge on any atom is 0.430 e.